The highest BCUT2D eigenvalue weighted by Crippen LogP contribution is 2.09. The third-order valence-electron chi connectivity index (χ3n) is 2.37. The number of unbranched alkanes of at least 4 members (excludes halogenated alkanes) is 3. The van der Waals surface area contributed by atoms with E-state index in [1.807, 2.05) is 0 Å². The van der Waals surface area contributed by atoms with Gasteiger partial charge in [-0.1, -0.05) is 53.4 Å². The van der Waals surface area contributed by atoms with E-state index in [-0.39, 0.29) is 11.9 Å². The summed E-state index contributed by atoms with van der Waals surface area (Å²) in [5.41, 5.74) is 0. The molecule has 0 saturated carbocycles. The molecule has 0 aliphatic rings. The number of hydrogen-bond acceptors (Lipinski definition) is 3. The molecule has 0 aromatic rings. The molecule has 0 N–H and O–H groups in total. The Morgan fingerprint density at radius 3 is 2.19 bits per heavy atom. The van der Waals surface area contributed by atoms with E-state index in [4.69, 9.17) is 4.89 Å². The highest BCUT2D eigenvalue weighted by atomic mass is 17.2. The lowest BCUT2D eigenvalue weighted by atomic mass is 10.0. The molecule has 0 radical (unpaired) electrons. The molecular weight excluding hydrogens is 204 g/mol. The van der Waals surface area contributed by atoms with Crippen molar-refractivity contribution in [3.05, 3.63) is 0 Å². The van der Waals surface area contributed by atoms with Crippen molar-refractivity contribution in [2.45, 2.75) is 59.8 Å². The Labute approximate surface area is 99.4 Å². The lowest BCUT2D eigenvalue weighted by molar-refractivity contribution is -0.275. The first-order valence-corrected chi connectivity index (χ1v) is 6.37. The van der Waals surface area contributed by atoms with E-state index in [0.29, 0.717) is 6.61 Å². The Kier molecular flexibility index (Phi) is 9.30. The van der Waals surface area contributed by atoms with Gasteiger partial charge in [-0.2, -0.15) is 4.89 Å². The minimum atomic E-state index is -0.292. The fraction of sp³-hybridized carbons (Fsp3) is 0.923. The maximum absolute atomic E-state index is 11.0. The second kappa shape index (κ2) is 9.64. The summed E-state index contributed by atoms with van der Waals surface area (Å²) >= 11 is 0. The summed E-state index contributed by atoms with van der Waals surface area (Å²) < 4.78 is 0. The summed E-state index contributed by atoms with van der Waals surface area (Å²) in [5.74, 6) is 0.383. The molecule has 3 nitrogen and oxygen atoms in total. The topological polar surface area (TPSA) is 35.5 Å². The van der Waals surface area contributed by atoms with Crippen molar-refractivity contribution in [3.8, 4) is 0 Å². The van der Waals surface area contributed by atoms with Crippen molar-refractivity contribution in [1.82, 2.24) is 0 Å². The van der Waals surface area contributed by atoms with E-state index < -0.39 is 0 Å². The van der Waals surface area contributed by atoms with Gasteiger partial charge in [0.05, 0.1) is 12.5 Å². The largest absolute Gasteiger partial charge is 0.344 e. The Morgan fingerprint density at radius 1 is 1.00 bits per heavy atom. The fourth-order valence-electron chi connectivity index (χ4n) is 1.26. The van der Waals surface area contributed by atoms with Gasteiger partial charge in [0, 0.05) is 0 Å². The first kappa shape index (κ1) is 15.4. The molecule has 0 aliphatic carbocycles. The molecule has 0 bridgehead atoms. The van der Waals surface area contributed by atoms with Crippen molar-refractivity contribution in [2.75, 3.05) is 6.61 Å². The van der Waals surface area contributed by atoms with Gasteiger partial charge in [0.2, 0.25) is 0 Å². The van der Waals surface area contributed by atoms with Gasteiger partial charge in [0.1, 0.15) is 0 Å². The molecule has 0 saturated heterocycles. The van der Waals surface area contributed by atoms with Crippen molar-refractivity contribution >= 4 is 5.97 Å². The van der Waals surface area contributed by atoms with Crippen LogP contribution in [0.2, 0.25) is 0 Å². The molecule has 0 aromatic carbocycles. The molecule has 16 heavy (non-hydrogen) atoms. The van der Waals surface area contributed by atoms with Gasteiger partial charge in [-0.3, -0.25) is 4.89 Å². The predicted octanol–water partition coefficient (Wildman–Crippen LogP) is 3.72. The van der Waals surface area contributed by atoms with Crippen LogP contribution in [0.5, 0.6) is 0 Å². The predicted molar refractivity (Wildman–Crippen MR) is 64.8 cm³/mol. The standard InChI is InChI=1S/C13H26O3/c1-11(2)9-7-5-6-8-10-15-16-13(14)12(3)4/h11-12H,5-10H2,1-4H3. The molecule has 0 unspecified atom stereocenters. The second-order valence-electron chi connectivity index (χ2n) is 4.98. The van der Waals surface area contributed by atoms with Crippen LogP contribution in [0, 0.1) is 11.8 Å². The van der Waals surface area contributed by atoms with Gasteiger partial charge >= 0.3 is 5.97 Å². The smallest absolute Gasteiger partial charge is 0.298 e. The minimum Gasteiger partial charge on any atom is -0.298 e. The molecule has 96 valence electrons. The zero-order valence-electron chi connectivity index (χ0n) is 11.1. The second-order valence-corrected chi connectivity index (χ2v) is 4.98. The maximum Gasteiger partial charge on any atom is 0.344 e. The average Bonchev–Trinajstić information content (AvgIpc) is 2.21. The van der Waals surface area contributed by atoms with E-state index in [9.17, 15) is 4.79 Å². The number of rotatable bonds is 9. The van der Waals surface area contributed by atoms with Crippen molar-refractivity contribution in [3.63, 3.8) is 0 Å². The zero-order chi connectivity index (χ0) is 12.4. The molecule has 0 rings (SSSR count). The van der Waals surface area contributed by atoms with Crippen LogP contribution in [-0.4, -0.2) is 12.6 Å². The summed E-state index contributed by atoms with van der Waals surface area (Å²) in [6.07, 6.45) is 5.92. The van der Waals surface area contributed by atoms with E-state index in [1.165, 1.54) is 19.3 Å². The van der Waals surface area contributed by atoms with Gasteiger partial charge in [0.25, 0.3) is 0 Å². The highest BCUT2D eigenvalue weighted by molar-refractivity contribution is 5.70. The van der Waals surface area contributed by atoms with Crippen molar-refractivity contribution in [2.24, 2.45) is 11.8 Å². The van der Waals surface area contributed by atoms with Crippen molar-refractivity contribution < 1.29 is 14.6 Å². The van der Waals surface area contributed by atoms with E-state index in [2.05, 4.69) is 18.7 Å². The van der Waals surface area contributed by atoms with Gasteiger partial charge in [-0.05, 0) is 12.3 Å². The van der Waals surface area contributed by atoms with Gasteiger partial charge < -0.3 is 0 Å². The summed E-state index contributed by atoms with van der Waals surface area (Å²) in [6.45, 7) is 8.58. The molecule has 0 aromatic heterocycles. The van der Waals surface area contributed by atoms with Crippen LogP contribution in [0.4, 0.5) is 0 Å². The highest BCUT2D eigenvalue weighted by Gasteiger charge is 2.08. The number of hydrogen-bond donors (Lipinski definition) is 0. The summed E-state index contributed by atoms with van der Waals surface area (Å²) in [5, 5.41) is 0. The molecule has 0 spiro atoms. The lowest BCUT2D eigenvalue weighted by Crippen LogP contribution is -2.12. The quantitative estimate of drug-likeness (QED) is 0.344. The molecule has 3 heteroatoms. The van der Waals surface area contributed by atoms with Crippen LogP contribution < -0.4 is 0 Å². The minimum absolute atomic E-state index is 0.119. The lowest BCUT2D eigenvalue weighted by Gasteiger charge is -2.06. The van der Waals surface area contributed by atoms with Crippen molar-refractivity contribution in [1.29, 1.82) is 0 Å². The average molecular weight is 230 g/mol. The van der Waals surface area contributed by atoms with E-state index in [1.54, 1.807) is 13.8 Å². The van der Waals surface area contributed by atoms with Gasteiger partial charge in [0.15, 0.2) is 0 Å². The van der Waals surface area contributed by atoms with Crippen LogP contribution in [0.25, 0.3) is 0 Å². The molecule has 0 aliphatic heterocycles. The molecular formula is C13H26O3. The number of carbonyl (C=O) groups is 1. The SMILES string of the molecule is CC(C)CCCCCCOOC(=O)C(C)C. The summed E-state index contributed by atoms with van der Waals surface area (Å²) in [4.78, 5) is 20.4. The van der Waals surface area contributed by atoms with Crippen LogP contribution in [0.1, 0.15) is 59.8 Å². The first-order valence-electron chi connectivity index (χ1n) is 6.37. The maximum atomic E-state index is 11.0. The Balaban J connectivity index is 3.13. The summed E-state index contributed by atoms with van der Waals surface area (Å²) in [6, 6.07) is 0. The molecule has 0 fully saturated rings. The third kappa shape index (κ3) is 9.97. The van der Waals surface area contributed by atoms with Gasteiger partial charge in [-0.25, -0.2) is 4.79 Å². The monoisotopic (exact) mass is 230 g/mol. The molecule has 0 heterocycles. The van der Waals surface area contributed by atoms with Gasteiger partial charge in [-0.15, -0.1) is 0 Å². The summed E-state index contributed by atoms with van der Waals surface area (Å²) in [7, 11) is 0. The third-order valence-corrected chi connectivity index (χ3v) is 2.37. The van der Waals surface area contributed by atoms with Crippen LogP contribution in [0.15, 0.2) is 0 Å². The Bertz CT molecular complexity index is 176. The van der Waals surface area contributed by atoms with Crippen LogP contribution in [-0.2, 0) is 14.6 Å². The number of carbonyl (C=O) groups excluding carboxylic acids is 1. The zero-order valence-corrected chi connectivity index (χ0v) is 11.1. The molecule has 0 atom stereocenters. The van der Waals surface area contributed by atoms with Crippen LogP contribution in [0.3, 0.4) is 0 Å². The Hall–Kier alpha value is -0.570. The normalized spacial score (nSPS) is 11.1. The Morgan fingerprint density at radius 2 is 1.62 bits per heavy atom. The fourth-order valence-corrected chi connectivity index (χ4v) is 1.26. The molecule has 0 amide bonds. The van der Waals surface area contributed by atoms with E-state index in [0.717, 1.165) is 18.8 Å². The van der Waals surface area contributed by atoms with E-state index >= 15 is 0 Å². The van der Waals surface area contributed by atoms with Crippen LogP contribution >= 0.6 is 0 Å². The first-order chi connectivity index (χ1) is 7.54.